The lowest BCUT2D eigenvalue weighted by Gasteiger charge is -2.38. The van der Waals surface area contributed by atoms with Crippen molar-refractivity contribution in [2.45, 2.75) is 44.2 Å². The molecule has 0 aromatic rings. The Labute approximate surface area is 174 Å². The van der Waals surface area contributed by atoms with Crippen LogP contribution in [0.25, 0.3) is 0 Å². The van der Waals surface area contributed by atoms with Crippen molar-refractivity contribution in [3.8, 4) is 0 Å². The van der Waals surface area contributed by atoms with E-state index in [0.717, 1.165) is 32.5 Å². The number of ether oxygens (including phenoxy) is 1. The van der Waals surface area contributed by atoms with Crippen molar-refractivity contribution in [3.63, 3.8) is 0 Å². The summed E-state index contributed by atoms with van der Waals surface area (Å²) in [5, 5.41) is 3.20. The van der Waals surface area contributed by atoms with Crippen molar-refractivity contribution >= 4 is 36.6 Å². The molecule has 2 aliphatic heterocycles. The summed E-state index contributed by atoms with van der Waals surface area (Å²) >= 11 is 0. The molecule has 9 heteroatoms. The monoisotopic (exact) mass is 424 g/mol. The molecular formula is C18H34Cl2N4O3. The van der Waals surface area contributed by atoms with Gasteiger partial charge in [-0.1, -0.05) is 19.3 Å². The largest absolute Gasteiger partial charge is 0.366 e. The van der Waals surface area contributed by atoms with Crippen LogP contribution in [-0.4, -0.2) is 98.1 Å². The van der Waals surface area contributed by atoms with Crippen LogP contribution in [0.5, 0.6) is 0 Å². The van der Waals surface area contributed by atoms with Crippen molar-refractivity contribution in [2.75, 3.05) is 59.5 Å². The number of carbonyl (C=O) groups is 2. The van der Waals surface area contributed by atoms with Crippen LogP contribution in [0.2, 0.25) is 0 Å². The van der Waals surface area contributed by atoms with Crippen molar-refractivity contribution in [3.05, 3.63) is 0 Å². The van der Waals surface area contributed by atoms with E-state index in [4.69, 9.17) is 4.74 Å². The average Bonchev–Trinajstić information content (AvgIpc) is 2.68. The van der Waals surface area contributed by atoms with Gasteiger partial charge >= 0.3 is 0 Å². The topological polar surface area (TPSA) is 65.1 Å². The molecule has 158 valence electrons. The van der Waals surface area contributed by atoms with Crippen molar-refractivity contribution < 1.29 is 14.3 Å². The Morgan fingerprint density at radius 2 is 1.74 bits per heavy atom. The first-order valence-corrected chi connectivity index (χ1v) is 9.74. The normalized spacial score (nSPS) is 24.5. The minimum absolute atomic E-state index is 0. The number of piperazine rings is 1. The number of halogens is 2. The number of hydrogen-bond acceptors (Lipinski definition) is 5. The lowest BCUT2D eigenvalue weighted by Crippen LogP contribution is -2.56. The summed E-state index contributed by atoms with van der Waals surface area (Å²) in [7, 11) is 1.95. The Morgan fingerprint density at radius 1 is 1.07 bits per heavy atom. The van der Waals surface area contributed by atoms with Gasteiger partial charge in [-0.25, -0.2) is 0 Å². The Hall–Kier alpha value is -0.600. The van der Waals surface area contributed by atoms with E-state index in [9.17, 15) is 9.59 Å². The predicted octanol–water partition coefficient (Wildman–Crippen LogP) is 0.754. The summed E-state index contributed by atoms with van der Waals surface area (Å²) in [6.07, 6.45) is 5.70. The van der Waals surface area contributed by atoms with Crippen LogP contribution in [-0.2, 0) is 14.3 Å². The smallest absolute Gasteiger partial charge is 0.253 e. The fraction of sp³-hybridized carbons (Fsp3) is 0.889. The van der Waals surface area contributed by atoms with Gasteiger partial charge < -0.3 is 19.9 Å². The quantitative estimate of drug-likeness (QED) is 0.721. The number of hydrogen-bond donors (Lipinski definition) is 1. The number of rotatable bonds is 4. The fourth-order valence-corrected chi connectivity index (χ4v) is 4.03. The van der Waals surface area contributed by atoms with Crippen molar-refractivity contribution in [1.29, 1.82) is 0 Å². The number of amides is 2. The third-order valence-electron chi connectivity index (χ3n) is 5.76. The highest BCUT2D eigenvalue weighted by Gasteiger charge is 2.30. The van der Waals surface area contributed by atoms with Crippen molar-refractivity contribution in [2.24, 2.45) is 0 Å². The highest BCUT2D eigenvalue weighted by molar-refractivity contribution is 5.85. The highest BCUT2D eigenvalue weighted by atomic mass is 35.5. The van der Waals surface area contributed by atoms with Crippen molar-refractivity contribution in [1.82, 2.24) is 20.0 Å². The van der Waals surface area contributed by atoms with Crippen LogP contribution in [0.15, 0.2) is 0 Å². The van der Waals surface area contributed by atoms with Gasteiger partial charge in [-0.15, -0.1) is 24.8 Å². The maximum atomic E-state index is 12.5. The predicted molar refractivity (Wildman–Crippen MR) is 110 cm³/mol. The van der Waals surface area contributed by atoms with Crippen LogP contribution in [0.3, 0.4) is 0 Å². The molecule has 3 aliphatic rings. The summed E-state index contributed by atoms with van der Waals surface area (Å²) in [5.74, 6) is 0.295. The lowest BCUT2D eigenvalue weighted by molar-refractivity contribution is -0.147. The van der Waals surface area contributed by atoms with E-state index in [-0.39, 0.29) is 42.7 Å². The van der Waals surface area contributed by atoms with Gasteiger partial charge in [0.1, 0.15) is 6.10 Å². The first-order chi connectivity index (χ1) is 12.1. The molecule has 7 nitrogen and oxygen atoms in total. The highest BCUT2D eigenvalue weighted by Crippen LogP contribution is 2.21. The van der Waals surface area contributed by atoms with Crippen LogP contribution >= 0.6 is 24.8 Å². The average molecular weight is 425 g/mol. The molecule has 2 heterocycles. The Kier molecular flexibility index (Phi) is 10.9. The molecule has 1 saturated carbocycles. The van der Waals surface area contributed by atoms with E-state index < -0.39 is 0 Å². The minimum Gasteiger partial charge on any atom is -0.366 e. The fourth-order valence-electron chi connectivity index (χ4n) is 4.03. The van der Waals surface area contributed by atoms with E-state index in [1.807, 2.05) is 16.8 Å². The van der Waals surface area contributed by atoms with E-state index in [1.165, 1.54) is 19.3 Å². The number of morpholine rings is 1. The number of likely N-dealkylation sites (N-methyl/N-ethyl adjacent to an activating group) is 1. The second-order valence-corrected chi connectivity index (χ2v) is 7.46. The molecule has 0 bridgehead atoms. The van der Waals surface area contributed by atoms with E-state index >= 15 is 0 Å². The molecule has 0 spiro atoms. The van der Waals surface area contributed by atoms with Gasteiger partial charge in [0.25, 0.3) is 5.91 Å². The zero-order valence-corrected chi connectivity index (χ0v) is 17.9. The number of nitrogens with one attached hydrogen (secondary N) is 1. The van der Waals surface area contributed by atoms with Gasteiger partial charge in [-0.3, -0.25) is 14.5 Å². The molecule has 27 heavy (non-hydrogen) atoms. The maximum Gasteiger partial charge on any atom is 0.253 e. The second kappa shape index (κ2) is 12.1. The van der Waals surface area contributed by atoms with Crippen LogP contribution < -0.4 is 5.32 Å². The van der Waals surface area contributed by atoms with E-state index in [0.29, 0.717) is 38.8 Å². The zero-order valence-electron chi connectivity index (χ0n) is 16.2. The van der Waals surface area contributed by atoms with Gasteiger partial charge in [0, 0.05) is 52.4 Å². The molecule has 0 aromatic heterocycles. The molecule has 2 amide bonds. The standard InChI is InChI=1S/C18H32N4O3.2ClH/c1-20(15-5-3-2-4-6-15)17(23)14-21-8-10-22(11-9-21)18(24)16-13-19-7-12-25-16;;/h15-16,19H,2-14H2,1H3;2*1H. The summed E-state index contributed by atoms with van der Waals surface area (Å²) in [4.78, 5) is 31.0. The second-order valence-electron chi connectivity index (χ2n) is 7.46. The van der Waals surface area contributed by atoms with Crippen LogP contribution in [0, 0.1) is 0 Å². The molecule has 1 aliphatic carbocycles. The van der Waals surface area contributed by atoms with E-state index in [1.54, 1.807) is 0 Å². The Bertz CT molecular complexity index is 464. The zero-order chi connectivity index (χ0) is 17.6. The first-order valence-electron chi connectivity index (χ1n) is 9.74. The van der Waals surface area contributed by atoms with Crippen LogP contribution in [0.1, 0.15) is 32.1 Å². The maximum absolute atomic E-state index is 12.5. The molecule has 0 aromatic carbocycles. The molecular weight excluding hydrogens is 391 g/mol. The molecule has 3 fully saturated rings. The van der Waals surface area contributed by atoms with Gasteiger partial charge in [0.15, 0.2) is 0 Å². The Morgan fingerprint density at radius 3 is 2.33 bits per heavy atom. The van der Waals surface area contributed by atoms with E-state index in [2.05, 4.69) is 10.2 Å². The minimum atomic E-state index is -0.348. The van der Waals surface area contributed by atoms with Gasteiger partial charge in [0.05, 0.1) is 13.2 Å². The summed E-state index contributed by atoms with van der Waals surface area (Å²) in [6.45, 7) is 5.36. The summed E-state index contributed by atoms with van der Waals surface area (Å²) < 4.78 is 5.55. The molecule has 2 saturated heterocycles. The van der Waals surface area contributed by atoms with Gasteiger partial charge in [-0.05, 0) is 12.8 Å². The summed E-state index contributed by atoms with van der Waals surface area (Å²) in [5.41, 5.74) is 0. The molecule has 0 radical (unpaired) electrons. The summed E-state index contributed by atoms with van der Waals surface area (Å²) in [6, 6.07) is 0.417. The third-order valence-corrected chi connectivity index (χ3v) is 5.76. The molecule has 3 rings (SSSR count). The third kappa shape index (κ3) is 6.75. The molecule has 1 atom stereocenters. The SMILES string of the molecule is CN(C(=O)CN1CCN(C(=O)C2CNCCO2)CC1)C1CCCCC1.Cl.Cl. The Balaban J connectivity index is 0.00000182. The van der Waals surface area contributed by atoms with Gasteiger partial charge in [-0.2, -0.15) is 0 Å². The first kappa shape index (κ1) is 24.4. The number of nitrogens with zero attached hydrogens (tertiary/aromatic N) is 3. The van der Waals surface area contributed by atoms with Crippen LogP contribution in [0.4, 0.5) is 0 Å². The molecule has 1 N–H and O–H groups in total. The molecule has 1 unspecified atom stereocenters. The van der Waals surface area contributed by atoms with Gasteiger partial charge in [0.2, 0.25) is 5.91 Å². The number of carbonyl (C=O) groups excluding carboxylic acids is 2. The lowest BCUT2D eigenvalue weighted by atomic mass is 9.94.